The van der Waals surface area contributed by atoms with Crippen LogP contribution < -0.4 is 5.63 Å². The van der Waals surface area contributed by atoms with E-state index in [2.05, 4.69) is 0 Å². The highest BCUT2D eigenvalue weighted by atomic mass is 35.5. The maximum Gasteiger partial charge on any atom is 0.349 e. The van der Waals surface area contributed by atoms with Crippen LogP contribution in [0, 0.1) is 0 Å². The van der Waals surface area contributed by atoms with Gasteiger partial charge in [0.25, 0.3) is 5.91 Å². The number of likely N-dealkylation sites (tertiary alicyclic amines) is 1. The summed E-state index contributed by atoms with van der Waals surface area (Å²) in [4.78, 5) is 26.9. The van der Waals surface area contributed by atoms with Gasteiger partial charge in [-0.3, -0.25) is 4.79 Å². The average Bonchev–Trinajstić information content (AvgIpc) is 2.47. The zero-order valence-electron chi connectivity index (χ0n) is 12.9. The average molecular weight is 354 g/mol. The predicted molar refractivity (Wildman–Crippen MR) is 91.4 cm³/mol. The highest BCUT2D eigenvalue weighted by molar-refractivity contribution is 6.38. The van der Waals surface area contributed by atoms with Crippen LogP contribution in [0.1, 0.15) is 43.5 Å². The third-order valence-corrected chi connectivity index (χ3v) is 4.91. The number of hydrogen-bond donors (Lipinski definition) is 0. The van der Waals surface area contributed by atoms with Crippen LogP contribution in [-0.2, 0) is 0 Å². The van der Waals surface area contributed by atoms with Crippen LogP contribution in [0.2, 0.25) is 10.0 Å². The van der Waals surface area contributed by atoms with Crippen LogP contribution in [0.4, 0.5) is 0 Å². The van der Waals surface area contributed by atoms with Crippen LogP contribution in [0.5, 0.6) is 0 Å². The molecular weight excluding hydrogens is 337 g/mol. The molecule has 2 aromatic rings. The van der Waals surface area contributed by atoms with Gasteiger partial charge in [0.15, 0.2) is 5.58 Å². The molecule has 122 valence electrons. The molecule has 1 fully saturated rings. The quantitative estimate of drug-likeness (QED) is 0.709. The van der Waals surface area contributed by atoms with E-state index in [1.165, 1.54) is 12.1 Å². The van der Waals surface area contributed by atoms with E-state index in [1.807, 2.05) is 13.8 Å². The van der Waals surface area contributed by atoms with Gasteiger partial charge in [-0.15, -0.1) is 0 Å². The van der Waals surface area contributed by atoms with E-state index < -0.39 is 5.63 Å². The van der Waals surface area contributed by atoms with Gasteiger partial charge in [-0.05, 0) is 51.3 Å². The predicted octanol–water partition coefficient (Wildman–Crippen LogP) is 4.50. The van der Waals surface area contributed by atoms with Crippen molar-refractivity contribution in [3.05, 3.63) is 44.2 Å². The first-order chi connectivity index (χ1) is 10.9. The monoisotopic (exact) mass is 353 g/mol. The van der Waals surface area contributed by atoms with E-state index in [0.29, 0.717) is 10.4 Å². The van der Waals surface area contributed by atoms with Gasteiger partial charge in [0, 0.05) is 22.5 Å². The summed E-state index contributed by atoms with van der Waals surface area (Å²) in [5, 5.41) is 1.22. The number of hydrogen-bond acceptors (Lipinski definition) is 3. The highest BCUT2D eigenvalue weighted by Gasteiger charge is 2.31. The lowest BCUT2D eigenvalue weighted by Gasteiger charge is -2.38. The second kappa shape index (κ2) is 6.17. The fraction of sp³-hybridized carbons (Fsp3) is 0.412. The molecule has 0 bridgehead atoms. The molecule has 0 aliphatic carbocycles. The number of fused-ring (bicyclic) bond motifs is 1. The standard InChI is InChI=1S/C17H17Cl2NO3/c1-9-4-3-5-10(2)20(9)16(21)13-7-11-6-12(18)8-14(19)15(11)23-17(13)22/h6-10H,3-5H2,1-2H3/t9-,10-/m1/s1. The smallest absolute Gasteiger partial charge is 0.349 e. The van der Waals surface area contributed by atoms with Crippen molar-refractivity contribution in [2.75, 3.05) is 0 Å². The number of halogens is 2. The topological polar surface area (TPSA) is 50.5 Å². The minimum atomic E-state index is -0.670. The third kappa shape index (κ3) is 2.98. The first kappa shape index (κ1) is 16.3. The molecule has 4 nitrogen and oxygen atoms in total. The number of rotatable bonds is 1. The third-order valence-electron chi connectivity index (χ3n) is 4.41. The van der Waals surface area contributed by atoms with Crippen LogP contribution in [0.15, 0.2) is 27.4 Å². The Hall–Kier alpha value is -1.52. The van der Waals surface area contributed by atoms with Crippen LogP contribution in [-0.4, -0.2) is 22.9 Å². The molecule has 3 rings (SSSR count). The lowest BCUT2D eigenvalue weighted by Crippen LogP contribution is -2.48. The second-order valence-electron chi connectivity index (χ2n) is 6.09. The number of carbonyl (C=O) groups is 1. The lowest BCUT2D eigenvalue weighted by atomic mass is 9.96. The summed E-state index contributed by atoms with van der Waals surface area (Å²) in [7, 11) is 0. The lowest BCUT2D eigenvalue weighted by molar-refractivity contribution is 0.0506. The summed E-state index contributed by atoms with van der Waals surface area (Å²) >= 11 is 12.0. The molecule has 1 aliphatic heterocycles. The molecule has 0 saturated carbocycles. The number of nitrogens with zero attached hydrogens (tertiary/aromatic N) is 1. The summed E-state index contributed by atoms with van der Waals surface area (Å²) < 4.78 is 5.27. The fourth-order valence-corrected chi connectivity index (χ4v) is 3.81. The summed E-state index contributed by atoms with van der Waals surface area (Å²) in [6.07, 6.45) is 2.96. The van der Waals surface area contributed by atoms with Crippen molar-refractivity contribution in [1.82, 2.24) is 4.90 Å². The van der Waals surface area contributed by atoms with Crippen molar-refractivity contribution >= 4 is 40.1 Å². The van der Waals surface area contributed by atoms with Crippen LogP contribution >= 0.6 is 23.2 Å². The number of amides is 1. The molecule has 1 aliphatic rings. The maximum atomic E-state index is 12.9. The van der Waals surface area contributed by atoms with Gasteiger partial charge in [-0.2, -0.15) is 0 Å². The zero-order chi connectivity index (χ0) is 16.7. The molecule has 6 heteroatoms. The van der Waals surface area contributed by atoms with Gasteiger partial charge in [-0.25, -0.2) is 4.79 Å². The van der Waals surface area contributed by atoms with E-state index in [0.717, 1.165) is 19.3 Å². The molecule has 0 spiro atoms. The highest BCUT2D eigenvalue weighted by Crippen LogP contribution is 2.29. The zero-order valence-corrected chi connectivity index (χ0v) is 14.4. The fourth-order valence-electron chi connectivity index (χ4n) is 3.27. The minimum Gasteiger partial charge on any atom is -0.421 e. The summed E-state index contributed by atoms with van der Waals surface area (Å²) in [5.74, 6) is -0.295. The molecule has 23 heavy (non-hydrogen) atoms. The normalized spacial score (nSPS) is 21.7. The van der Waals surface area contributed by atoms with E-state index in [4.69, 9.17) is 27.6 Å². The Kier molecular flexibility index (Phi) is 4.39. The van der Waals surface area contributed by atoms with Gasteiger partial charge >= 0.3 is 5.63 Å². The van der Waals surface area contributed by atoms with Crippen molar-refractivity contribution in [3.63, 3.8) is 0 Å². The Bertz CT molecular complexity index is 820. The van der Waals surface area contributed by atoms with E-state index in [9.17, 15) is 9.59 Å². The van der Waals surface area contributed by atoms with Crippen molar-refractivity contribution in [1.29, 1.82) is 0 Å². The van der Waals surface area contributed by atoms with Crippen molar-refractivity contribution in [2.24, 2.45) is 0 Å². The summed E-state index contributed by atoms with van der Waals surface area (Å²) in [6.45, 7) is 4.01. The molecular formula is C17H17Cl2NO3. The van der Waals surface area contributed by atoms with Crippen LogP contribution in [0.3, 0.4) is 0 Å². The van der Waals surface area contributed by atoms with E-state index in [-0.39, 0.29) is 34.2 Å². The Balaban J connectivity index is 2.10. The minimum absolute atomic E-state index is 0.0245. The Morgan fingerprint density at radius 1 is 1.17 bits per heavy atom. The number of benzene rings is 1. The maximum absolute atomic E-state index is 12.9. The van der Waals surface area contributed by atoms with Crippen molar-refractivity contribution < 1.29 is 9.21 Å². The molecule has 1 aromatic carbocycles. The van der Waals surface area contributed by atoms with Gasteiger partial charge in [0.1, 0.15) is 5.56 Å². The number of piperidine rings is 1. The summed E-state index contributed by atoms with van der Waals surface area (Å²) in [5.41, 5.74) is -0.398. The van der Waals surface area contributed by atoms with Gasteiger partial charge in [0.2, 0.25) is 0 Å². The molecule has 2 atom stereocenters. The molecule has 1 amide bonds. The molecule has 2 heterocycles. The van der Waals surface area contributed by atoms with E-state index >= 15 is 0 Å². The number of carbonyl (C=O) groups excluding carboxylic acids is 1. The SMILES string of the molecule is C[C@@H]1CCC[C@@H](C)N1C(=O)c1cc2cc(Cl)cc(Cl)c2oc1=O. The largest absolute Gasteiger partial charge is 0.421 e. The van der Waals surface area contributed by atoms with Gasteiger partial charge in [-0.1, -0.05) is 23.2 Å². The van der Waals surface area contributed by atoms with Gasteiger partial charge < -0.3 is 9.32 Å². The Labute approximate surface area is 144 Å². The first-order valence-corrected chi connectivity index (χ1v) is 8.39. The second-order valence-corrected chi connectivity index (χ2v) is 6.94. The Morgan fingerprint density at radius 3 is 2.48 bits per heavy atom. The van der Waals surface area contributed by atoms with Crippen molar-refractivity contribution in [3.8, 4) is 0 Å². The van der Waals surface area contributed by atoms with E-state index in [1.54, 1.807) is 11.0 Å². The van der Waals surface area contributed by atoms with Gasteiger partial charge in [0.05, 0.1) is 5.02 Å². The summed E-state index contributed by atoms with van der Waals surface area (Å²) in [6, 6.07) is 4.86. The molecule has 0 N–H and O–H groups in total. The van der Waals surface area contributed by atoms with Crippen molar-refractivity contribution in [2.45, 2.75) is 45.2 Å². The Morgan fingerprint density at radius 2 is 1.83 bits per heavy atom. The molecule has 1 saturated heterocycles. The first-order valence-electron chi connectivity index (χ1n) is 7.64. The molecule has 1 aromatic heterocycles. The molecule has 0 radical (unpaired) electrons. The van der Waals surface area contributed by atoms with Crippen LogP contribution in [0.25, 0.3) is 11.0 Å². The molecule has 0 unspecified atom stereocenters.